The molecule has 1 N–H and O–H groups in total. The van der Waals surface area contributed by atoms with E-state index in [-0.39, 0.29) is 12.3 Å². The first-order valence-electron chi connectivity index (χ1n) is 8.16. The van der Waals surface area contributed by atoms with Crippen molar-refractivity contribution >= 4 is 33.6 Å². The van der Waals surface area contributed by atoms with Gasteiger partial charge in [-0.2, -0.15) is 0 Å². The van der Waals surface area contributed by atoms with Crippen LogP contribution in [0.1, 0.15) is 11.1 Å². The average Bonchev–Trinajstić information content (AvgIpc) is 2.66. The lowest BCUT2D eigenvalue weighted by atomic mass is 10.1. The summed E-state index contributed by atoms with van der Waals surface area (Å²) in [7, 11) is 0. The standard InChI is InChI=1S/C21H18BrNO2S/c22-18-10-12-19(13-11-18)26-20-9-5-4-8-17(20)14-21(24)23-25-15-16-6-2-1-3-7-16/h1-13H,14-15H2,(H,23,24). The van der Waals surface area contributed by atoms with Crippen LogP contribution in [0.2, 0.25) is 0 Å². The van der Waals surface area contributed by atoms with Crippen molar-refractivity contribution in [2.45, 2.75) is 22.8 Å². The molecule has 0 atom stereocenters. The molecule has 0 bridgehead atoms. The highest BCUT2D eigenvalue weighted by Crippen LogP contribution is 2.31. The third kappa shape index (κ3) is 5.73. The minimum Gasteiger partial charge on any atom is -0.272 e. The van der Waals surface area contributed by atoms with Gasteiger partial charge >= 0.3 is 0 Å². The Balaban J connectivity index is 1.57. The molecule has 0 aromatic heterocycles. The predicted molar refractivity (Wildman–Crippen MR) is 108 cm³/mol. The Labute approximate surface area is 165 Å². The molecular formula is C21H18BrNO2S. The van der Waals surface area contributed by atoms with E-state index in [4.69, 9.17) is 4.84 Å². The van der Waals surface area contributed by atoms with E-state index >= 15 is 0 Å². The van der Waals surface area contributed by atoms with Gasteiger partial charge in [0.25, 0.3) is 0 Å². The summed E-state index contributed by atoms with van der Waals surface area (Å²) in [5.41, 5.74) is 4.51. The van der Waals surface area contributed by atoms with E-state index in [9.17, 15) is 4.79 Å². The van der Waals surface area contributed by atoms with Crippen molar-refractivity contribution in [1.82, 2.24) is 5.48 Å². The molecule has 0 aliphatic rings. The molecule has 0 saturated carbocycles. The highest BCUT2D eigenvalue weighted by Gasteiger charge is 2.09. The molecule has 3 aromatic carbocycles. The van der Waals surface area contributed by atoms with Gasteiger partial charge in [-0.15, -0.1) is 0 Å². The van der Waals surface area contributed by atoms with Crippen LogP contribution in [0.5, 0.6) is 0 Å². The maximum Gasteiger partial charge on any atom is 0.248 e. The van der Waals surface area contributed by atoms with Crippen LogP contribution in [0.25, 0.3) is 0 Å². The van der Waals surface area contributed by atoms with Gasteiger partial charge in [-0.25, -0.2) is 5.48 Å². The molecule has 5 heteroatoms. The van der Waals surface area contributed by atoms with E-state index in [0.717, 1.165) is 25.4 Å². The van der Waals surface area contributed by atoms with Crippen molar-refractivity contribution in [3.63, 3.8) is 0 Å². The van der Waals surface area contributed by atoms with Crippen LogP contribution in [0.15, 0.2) is 93.1 Å². The zero-order chi connectivity index (χ0) is 18.2. The van der Waals surface area contributed by atoms with Gasteiger partial charge in [0.15, 0.2) is 0 Å². The van der Waals surface area contributed by atoms with E-state index in [1.807, 2.05) is 66.7 Å². The van der Waals surface area contributed by atoms with Gasteiger partial charge in [0.1, 0.15) is 0 Å². The molecular weight excluding hydrogens is 410 g/mol. The Kier molecular flexibility index (Phi) is 6.89. The Morgan fingerprint density at radius 3 is 2.38 bits per heavy atom. The Morgan fingerprint density at radius 2 is 1.62 bits per heavy atom. The largest absolute Gasteiger partial charge is 0.272 e. The maximum atomic E-state index is 12.2. The molecule has 0 unspecified atom stereocenters. The molecule has 0 aliphatic carbocycles. The molecule has 0 fully saturated rings. The van der Waals surface area contributed by atoms with Gasteiger partial charge in [-0.1, -0.05) is 76.2 Å². The first-order valence-corrected chi connectivity index (χ1v) is 9.77. The van der Waals surface area contributed by atoms with Crippen molar-refractivity contribution in [2.75, 3.05) is 0 Å². The van der Waals surface area contributed by atoms with Gasteiger partial charge in [0.2, 0.25) is 5.91 Å². The topological polar surface area (TPSA) is 38.3 Å². The van der Waals surface area contributed by atoms with Crippen LogP contribution in [0, 0.1) is 0 Å². The number of nitrogens with one attached hydrogen (secondary N) is 1. The van der Waals surface area contributed by atoms with E-state index < -0.39 is 0 Å². The number of carbonyl (C=O) groups excluding carboxylic acids is 1. The monoisotopic (exact) mass is 427 g/mol. The lowest BCUT2D eigenvalue weighted by Gasteiger charge is -2.10. The molecule has 132 valence electrons. The number of rotatable bonds is 7. The summed E-state index contributed by atoms with van der Waals surface area (Å²) in [4.78, 5) is 19.7. The van der Waals surface area contributed by atoms with Crippen LogP contribution in [0.3, 0.4) is 0 Å². The van der Waals surface area contributed by atoms with Crippen LogP contribution in [-0.2, 0) is 22.7 Å². The molecule has 0 radical (unpaired) electrons. The van der Waals surface area contributed by atoms with E-state index in [1.165, 1.54) is 0 Å². The van der Waals surface area contributed by atoms with Gasteiger partial charge in [0, 0.05) is 14.3 Å². The fraction of sp³-hybridized carbons (Fsp3) is 0.0952. The quantitative estimate of drug-likeness (QED) is 0.513. The highest BCUT2D eigenvalue weighted by atomic mass is 79.9. The summed E-state index contributed by atoms with van der Waals surface area (Å²) >= 11 is 5.09. The number of hydrogen-bond acceptors (Lipinski definition) is 3. The number of halogens is 1. The lowest BCUT2D eigenvalue weighted by Crippen LogP contribution is -2.25. The molecule has 0 heterocycles. The third-order valence-corrected chi connectivity index (χ3v) is 5.29. The number of amides is 1. The second kappa shape index (κ2) is 9.57. The molecule has 3 rings (SSSR count). The fourth-order valence-electron chi connectivity index (χ4n) is 2.36. The number of hydrogen-bond donors (Lipinski definition) is 1. The predicted octanol–water partition coefficient (Wildman–Crippen LogP) is 5.39. The van der Waals surface area contributed by atoms with Crippen molar-refractivity contribution in [2.24, 2.45) is 0 Å². The summed E-state index contributed by atoms with van der Waals surface area (Å²) < 4.78 is 1.05. The first-order chi connectivity index (χ1) is 12.7. The van der Waals surface area contributed by atoms with Crippen molar-refractivity contribution in [3.8, 4) is 0 Å². The number of benzene rings is 3. The number of carbonyl (C=O) groups is 1. The Hall–Kier alpha value is -2.08. The third-order valence-electron chi connectivity index (χ3n) is 3.63. The molecule has 26 heavy (non-hydrogen) atoms. The molecule has 0 saturated heterocycles. The van der Waals surface area contributed by atoms with E-state index in [0.29, 0.717) is 6.61 Å². The van der Waals surface area contributed by atoms with Crippen molar-refractivity contribution < 1.29 is 9.63 Å². The van der Waals surface area contributed by atoms with Crippen LogP contribution in [0.4, 0.5) is 0 Å². The molecule has 0 spiro atoms. The van der Waals surface area contributed by atoms with Crippen LogP contribution >= 0.6 is 27.7 Å². The van der Waals surface area contributed by atoms with Crippen molar-refractivity contribution in [1.29, 1.82) is 0 Å². The van der Waals surface area contributed by atoms with E-state index in [1.54, 1.807) is 11.8 Å². The zero-order valence-corrected chi connectivity index (χ0v) is 16.4. The SMILES string of the molecule is O=C(Cc1ccccc1Sc1ccc(Br)cc1)NOCc1ccccc1. The molecule has 3 aromatic rings. The molecule has 1 amide bonds. The van der Waals surface area contributed by atoms with E-state index in [2.05, 4.69) is 33.5 Å². The second-order valence-corrected chi connectivity index (χ2v) is 7.67. The van der Waals surface area contributed by atoms with Crippen LogP contribution in [-0.4, -0.2) is 5.91 Å². The smallest absolute Gasteiger partial charge is 0.248 e. The average molecular weight is 428 g/mol. The normalized spacial score (nSPS) is 10.5. The van der Waals surface area contributed by atoms with Gasteiger partial charge < -0.3 is 0 Å². The summed E-state index contributed by atoms with van der Waals surface area (Å²) in [6.45, 7) is 0.349. The minimum absolute atomic E-state index is 0.162. The summed E-state index contributed by atoms with van der Waals surface area (Å²) in [5.74, 6) is -0.162. The fourth-order valence-corrected chi connectivity index (χ4v) is 3.57. The van der Waals surface area contributed by atoms with Gasteiger partial charge in [-0.3, -0.25) is 9.63 Å². The Bertz CT molecular complexity index is 853. The molecule has 0 aliphatic heterocycles. The number of hydroxylamine groups is 1. The minimum atomic E-state index is -0.162. The van der Waals surface area contributed by atoms with Crippen LogP contribution < -0.4 is 5.48 Å². The first kappa shape index (κ1) is 18.7. The van der Waals surface area contributed by atoms with Gasteiger partial charge in [-0.05, 0) is 41.5 Å². The summed E-state index contributed by atoms with van der Waals surface area (Å²) in [5, 5.41) is 0. The molecule has 3 nitrogen and oxygen atoms in total. The maximum absolute atomic E-state index is 12.2. The Morgan fingerprint density at radius 1 is 0.923 bits per heavy atom. The summed E-state index contributed by atoms with van der Waals surface area (Å²) in [6.07, 6.45) is 0.272. The zero-order valence-electron chi connectivity index (χ0n) is 14.0. The lowest BCUT2D eigenvalue weighted by molar-refractivity contribution is -0.133. The second-order valence-electron chi connectivity index (χ2n) is 5.64. The van der Waals surface area contributed by atoms with Gasteiger partial charge in [0.05, 0.1) is 13.0 Å². The summed E-state index contributed by atoms with van der Waals surface area (Å²) in [6, 6.07) is 25.8. The van der Waals surface area contributed by atoms with Crippen molar-refractivity contribution in [3.05, 3.63) is 94.5 Å². The highest BCUT2D eigenvalue weighted by molar-refractivity contribution is 9.10.